The second-order valence-corrected chi connectivity index (χ2v) is 12.3. The Morgan fingerprint density at radius 1 is 1.19 bits per heavy atom. The Kier molecular flexibility index (Phi) is 9.19. The van der Waals surface area contributed by atoms with Crippen LogP contribution in [0.3, 0.4) is 0 Å². The van der Waals surface area contributed by atoms with E-state index in [0.29, 0.717) is 5.56 Å². The minimum absolute atomic E-state index is 0.00930. The van der Waals surface area contributed by atoms with Crippen LogP contribution >= 0.6 is 7.82 Å². The van der Waals surface area contributed by atoms with Crippen molar-refractivity contribution in [1.82, 2.24) is 14.2 Å². The zero-order valence-corrected chi connectivity index (χ0v) is 24.0. The maximum Gasteiger partial charge on any atom is 0.508 e. The van der Waals surface area contributed by atoms with Gasteiger partial charge in [0.15, 0.2) is 5.49 Å². The van der Waals surface area contributed by atoms with Gasteiger partial charge in [-0.1, -0.05) is 51.1 Å². The molecule has 0 spiro atoms. The van der Waals surface area contributed by atoms with E-state index in [9.17, 15) is 29.7 Å². The molecule has 0 saturated carbocycles. The number of phosphoric acid groups is 1. The fraction of sp³-hybridized carbons (Fsp3) is 0.462. The first kappa shape index (κ1) is 31.3. The Hall–Kier alpha value is -3.61. The number of ether oxygens (including phenoxy) is 3. The number of carbonyl (C=O) groups is 1. The van der Waals surface area contributed by atoms with Crippen LogP contribution in [0.4, 0.5) is 4.79 Å². The molecular formula is C26H32N5O10P. The Balaban J connectivity index is 1.47. The molecule has 1 fully saturated rings. The molecule has 226 valence electrons. The summed E-state index contributed by atoms with van der Waals surface area (Å²) in [6, 6.07) is 13.4. The fourth-order valence-corrected chi connectivity index (χ4v) is 4.77. The number of hydrogen-bond acceptors (Lipinski definition) is 12. The van der Waals surface area contributed by atoms with Gasteiger partial charge in [0, 0.05) is 0 Å². The third kappa shape index (κ3) is 6.88. The molecule has 1 aromatic carbocycles. The molecule has 0 amide bonds. The summed E-state index contributed by atoms with van der Waals surface area (Å²) in [4.78, 5) is 22.0. The standard InChI is InChI=1S/C26H32N5O10P/c1-25(2,3)14-38-24(34)37-12-19-21(32)22(33)26(13-27,41-19)20-10-9-18-23(28)30(15-29-31(18)20)16-40-42(35,36)39-11-17-7-5-4-6-8-17/h4-10,15,19,21-22,28,32-33H,11-12,14,16H2,1-3H3,(H,35,36)/t19-,21-,22-,26+/m1/s1. The van der Waals surface area contributed by atoms with Crippen molar-refractivity contribution in [2.45, 2.75) is 58.0 Å². The molecule has 1 saturated heterocycles. The van der Waals surface area contributed by atoms with Gasteiger partial charge in [-0.25, -0.2) is 13.9 Å². The van der Waals surface area contributed by atoms with Gasteiger partial charge < -0.3 is 29.3 Å². The van der Waals surface area contributed by atoms with Gasteiger partial charge in [-0.05, 0) is 23.1 Å². The van der Waals surface area contributed by atoms with Crippen molar-refractivity contribution in [2.24, 2.45) is 5.41 Å². The minimum atomic E-state index is -4.49. The number of benzene rings is 1. The lowest BCUT2D eigenvalue weighted by Crippen LogP contribution is -2.41. The highest BCUT2D eigenvalue weighted by Crippen LogP contribution is 2.44. The summed E-state index contributed by atoms with van der Waals surface area (Å²) in [7, 11) is -4.49. The number of nitrogens with zero attached hydrogens (tertiary/aromatic N) is 4. The van der Waals surface area contributed by atoms with Gasteiger partial charge in [0.2, 0.25) is 5.60 Å². The molecule has 0 aliphatic carbocycles. The number of nitrogens with one attached hydrogen (secondary N) is 1. The summed E-state index contributed by atoms with van der Waals surface area (Å²) >= 11 is 0. The van der Waals surface area contributed by atoms with Gasteiger partial charge in [0.25, 0.3) is 0 Å². The second-order valence-electron chi connectivity index (χ2n) is 10.8. The topological polar surface area (TPSA) is 211 Å². The van der Waals surface area contributed by atoms with Crippen LogP contribution in [0.25, 0.3) is 5.52 Å². The third-order valence-electron chi connectivity index (χ3n) is 6.28. The molecule has 2 aromatic heterocycles. The van der Waals surface area contributed by atoms with E-state index in [1.54, 1.807) is 30.3 Å². The number of fused-ring (bicyclic) bond motifs is 1. The Labute approximate surface area is 240 Å². The van der Waals surface area contributed by atoms with Gasteiger partial charge in [-0.15, -0.1) is 0 Å². The van der Waals surface area contributed by atoms with Gasteiger partial charge in [-0.2, -0.15) is 10.4 Å². The maximum absolute atomic E-state index is 12.3. The molecule has 4 rings (SSSR count). The fourth-order valence-electron chi connectivity index (χ4n) is 4.12. The smallest absolute Gasteiger partial charge is 0.434 e. The molecule has 1 aliphatic heterocycles. The zero-order chi connectivity index (χ0) is 30.7. The summed E-state index contributed by atoms with van der Waals surface area (Å²) in [5.74, 6) is 0. The van der Waals surface area contributed by atoms with Crippen molar-refractivity contribution < 1.29 is 47.7 Å². The molecular weight excluding hydrogens is 573 g/mol. The van der Waals surface area contributed by atoms with Crippen LogP contribution in [0, 0.1) is 22.2 Å². The number of phosphoric ester groups is 1. The normalized spacial score (nSPS) is 23.8. The molecule has 0 bridgehead atoms. The maximum atomic E-state index is 12.3. The average Bonchev–Trinajstić information content (AvgIpc) is 3.49. The lowest BCUT2D eigenvalue weighted by atomic mass is 9.92. The van der Waals surface area contributed by atoms with Gasteiger partial charge >= 0.3 is 14.0 Å². The van der Waals surface area contributed by atoms with E-state index in [-0.39, 0.29) is 35.3 Å². The molecule has 16 heteroatoms. The van der Waals surface area contributed by atoms with Gasteiger partial charge in [-0.3, -0.25) is 19.0 Å². The monoisotopic (exact) mass is 605 g/mol. The van der Waals surface area contributed by atoms with Gasteiger partial charge in [0.05, 0.1) is 18.9 Å². The molecule has 4 N–H and O–H groups in total. The van der Waals surface area contributed by atoms with Crippen molar-refractivity contribution in [3.8, 4) is 6.07 Å². The quantitative estimate of drug-likeness (QED) is 0.193. The Bertz CT molecular complexity index is 1560. The van der Waals surface area contributed by atoms with Crippen molar-refractivity contribution in [2.75, 3.05) is 13.2 Å². The SMILES string of the molecule is CC(C)(C)COC(=O)OC[C@H]1O[C@@](C#N)(c2ccc3c(=N)n(COP(=O)(O)OCc4ccccc4)cnn23)[C@H](O)[C@@H]1O. The van der Waals surface area contributed by atoms with Crippen LogP contribution in [0.1, 0.15) is 32.0 Å². The molecule has 5 atom stereocenters. The number of hydrogen-bond donors (Lipinski definition) is 4. The predicted octanol–water partition coefficient (Wildman–Crippen LogP) is 1.95. The van der Waals surface area contributed by atoms with Crippen LogP contribution in [0.2, 0.25) is 0 Å². The number of aliphatic hydroxyl groups is 2. The molecule has 3 heterocycles. The van der Waals surface area contributed by atoms with E-state index in [0.717, 1.165) is 15.4 Å². The van der Waals surface area contributed by atoms with Crippen LogP contribution in [-0.4, -0.2) is 67.0 Å². The first-order valence-electron chi connectivity index (χ1n) is 12.8. The summed E-state index contributed by atoms with van der Waals surface area (Å²) in [5.41, 5.74) is -1.88. The third-order valence-corrected chi connectivity index (χ3v) is 7.18. The second kappa shape index (κ2) is 12.3. The lowest BCUT2D eigenvalue weighted by Gasteiger charge is -2.24. The summed E-state index contributed by atoms with van der Waals surface area (Å²) < 4.78 is 40.4. The zero-order valence-electron chi connectivity index (χ0n) is 23.1. The van der Waals surface area contributed by atoms with Crippen molar-refractivity contribution in [3.05, 3.63) is 65.5 Å². The van der Waals surface area contributed by atoms with Crippen molar-refractivity contribution in [3.63, 3.8) is 0 Å². The highest BCUT2D eigenvalue weighted by Gasteiger charge is 2.58. The number of aromatic nitrogens is 3. The summed E-state index contributed by atoms with van der Waals surface area (Å²) in [6.45, 7) is 4.45. The number of nitriles is 1. The summed E-state index contributed by atoms with van der Waals surface area (Å²) in [6.07, 6.45) is -4.54. The molecule has 15 nitrogen and oxygen atoms in total. The van der Waals surface area contributed by atoms with E-state index in [1.807, 2.05) is 26.8 Å². The highest BCUT2D eigenvalue weighted by atomic mass is 31.2. The first-order valence-corrected chi connectivity index (χ1v) is 14.3. The van der Waals surface area contributed by atoms with E-state index >= 15 is 0 Å². The van der Waals surface area contributed by atoms with E-state index < -0.39 is 51.2 Å². The van der Waals surface area contributed by atoms with Crippen LogP contribution in [0.15, 0.2) is 48.8 Å². The van der Waals surface area contributed by atoms with E-state index in [1.165, 1.54) is 12.1 Å². The largest absolute Gasteiger partial charge is 0.508 e. The lowest BCUT2D eigenvalue weighted by molar-refractivity contribution is -0.0734. The van der Waals surface area contributed by atoms with Gasteiger partial charge in [0.1, 0.15) is 49.6 Å². The molecule has 3 aromatic rings. The van der Waals surface area contributed by atoms with Crippen molar-refractivity contribution in [1.29, 1.82) is 10.7 Å². The minimum Gasteiger partial charge on any atom is -0.434 e. The average molecular weight is 606 g/mol. The Morgan fingerprint density at radius 2 is 1.90 bits per heavy atom. The summed E-state index contributed by atoms with van der Waals surface area (Å²) in [5, 5.41) is 44.2. The molecule has 1 aliphatic rings. The number of aliphatic hydroxyl groups excluding tert-OH is 2. The van der Waals surface area contributed by atoms with E-state index in [2.05, 4.69) is 5.10 Å². The predicted molar refractivity (Wildman–Crippen MR) is 142 cm³/mol. The molecule has 42 heavy (non-hydrogen) atoms. The Morgan fingerprint density at radius 3 is 2.57 bits per heavy atom. The first-order chi connectivity index (χ1) is 19.8. The van der Waals surface area contributed by atoms with E-state index in [4.69, 9.17) is 28.7 Å². The van der Waals surface area contributed by atoms with Crippen molar-refractivity contribution >= 4 is 19.5 Å². The van der Waals surface area contributed by atoms with Crippen LogP contribution in [-0.2, 0) is 46.8 Å². The number of rotatable bonds is 10. The molecule has 0 radical (unpaired) electrons. The highest BCUT2D eigenvalue weighted by molar-refractivity contribution is 7.47. The van der Waals surface area contributed by atoms with Crippen LogP contribution < -0.4 is 5.49 Å². The molecule has 1 unspecified atom stereocenters. The number of carbonyl (C=O) groups excluding carboxylic acids is 1. The van der Waals surface area contributed by atoms with Crippen LogP contribution in [0.5, 0.6) is 0 Å².